The van der Waals surface area contributed by atoms with Crippen molar-refractivity contribution in [1.29, 1.82) is 0 Å². The zero-order valence-electron chi connectivity index (χ0n) is 22.1. The second-order valence-electron chi connectivity index (χ2n) is 9.31. The summed E-state index contributed by atoms with van der Waals surface area (Å²) in [6.07, 6.45) is 1.77. The molecule has 0 saturated heterocycles. The van der Waals surface area contributed by atoms with E-state index in [2.05, 4.69) is 20.9 Å². The van der Waals surface area contributed by atoms with E-state index in [4.69, 9.17) is 21.1 Å². The molecule has 0 saturated carbocycles. The van der Waals surface area contributed by atoms with Gasteiger partial charge >= 0.3 is 5.97 Å². The third kappa shape index (κ3) is 5.84. The third-order valence-electron chi connectivity index (χ3n) is 6.48. The van der Waals surface area contributed by atoms with Crippen LogP contribution in [0.25, 0.3) is 6.08 Å². The molecule has 2 heterocycles. The molecule has 4 aromatic rings. The van der Waals surface area contributed by atoms with Gasteiger partial charge in [-0.05, 0) is 68.3 Å². The number of thiazole rings is 1. The van der Waals surface area contributed by atoms with Gasteiger partial charge in [0, 0.05) is 15.1 Å². The number of hydrogen-bond donors (Lipinski definition) is 0. The standard InChI is InChI=1S/C31H26BrClN2O4S/c1-4-38-30(37)27-19(3)34-31-35(28(27)21-9-5-18(2)6-10-21)29(36)26(40-31)16-22-15-24(33)13-14-25(22)39-17-20-7-11-23(32)12-8-20/h5-16,28H,4,17H2,1-3H3/b26-16-/t28-/m1/s1. The van der Waals surface area contributed by atoms with Crippen molar-refractivity contribution in [3.63, 3.8) is 0 Å². The van der Waals surface area contributed by atoms with Crippen LogP contribution in [0.15, 0.2) is 92.3 Å². The molecule has 1 aliphatic rings. The molecule has 1 aliphatic heterocycles. The first-order valence-corrected chi connectivity index (χ1v) is 14.7. The number of nitrogens with zero attached hydrogens (tertiary/aromatic N) is 2. The van der Waals surface area contributed by atoms with Gasteiger partial charge in [0.15, 0.2) is 4.80 Å². The lowest BCUT2D eigenvalue weighted by molar-refractivity contribution is -0.139. The van der Waals surface area contributed by atoms with Gasteiger partial charge in [-0.3, -0.25) is 9.36 Å². The van der Waals surface area contributed by atoms with E-state index in [-0.39, 0.29) is 12.2 Å². The number of halogens is 2. The lowest BCUT2D eigenvalue weighted by atomic mass is 9.95. The summed E-state index contributed by atoms with van der Waals surface area (Å²) in [5.41, 5.74) is 4.17. The number of allylic oxidation sites excluding steroid dienone is 1. The van der Waals surface area contributed by atoms with Crippen molar-refractivity contribution in [3.05, 3.63) is 129 Å². The second kappa shape index (κ2) is 12.0. The maximum atomic E-state index is 13.9. The molecule has 9 heteroatoms. The van der Waals surface area contributed by atoms with Crippen LogP contribution in [0.4, 0.5) is 0 Å². The average molecular weight is 638 g/mol. The van der Waals surface area contributed by atoms with Crippen molar-refractivity contribution >= 4 is 50.9 Å². The fourth-order valence-electron chi connectivity index (χ4n) is 4.50. The van der Waals surface area contributed by atoms with Crippen LogP contribution >= 0.6 is 38.9 Å². The van der Waals surface area contributed by atoms with Gasteiger partial charge in [0.2, 0.25) is 0 Å². The number of fused-ring (bicyclic) bond motifs is 1. The number of ether oxygens (including phenoxy) is 2. The number of benzene rings is 3. The fraction of sp³-hybridized carbons (Fsp3) is 0.194. The zero-order valence-corrected chi connectivity index (χ0v) is 25.3. The lowest BCUT2D eigenvalue weighted by Gasteiger charge is -2.24. The Morgan fingerprint density at radius 3 is 2.52 bits per heavy atom. The second-order valence-corrected chi connectivity index (χ2v) is 11.7. The maximum absolute atomic E-state index is 13.9. The van der Waals surface area contributed by atoms with Crippen molar-refractivity contribution < 1.29 is 14.3 Å². The molecular formula is C31H26BrClN2O4S. The first-order chi connectivity index (χ1) is 19.2. The van der Waals surface area contributed by atoms with Crippen LogP contribution < -0.4 is 19.6 Å². The van der Waals surface area contributed by atoms with Gasteiger partial charge in [0.1, 0.15) is 12.4 Å². The van der Waals surface area contributed by atoms with Crippen LogP contribution in [-0.4, -0.2) is 17.1 Å². The Morgan fingerprint density at radius 2 is 1.82 bits per heavy atom. The normalized spacial score (nSPS) is 15.0. The van der Waals surface area contributed by atoms with Gasteiger partial charge < -0.3 is 9.47 Å². The molecule has 40 heavy (non-hydrogen) atoms. The third-order valence-corrected chi connectivity index (χ3v) is 8.22. The largest absolute Gasteiger partial charge is 0.488 e. The molecule has 0 unspecified atom stereocenters. The van der Waals surface area contributed by atoms with E-state index >= 15 is 0 Å². The number of hydrogen-bond acceptors (Lipinski definition) is 6. The minimum atomic E-state index is -0.662. The summed E-state index contributed by atoms with van der Waals surface area (Å²) < 4.78 is 14.5. The quantitative estimate of drug-likeness (QED) is 0.230. The van der Waals surface area contributed by atoms with Crippen LogP contribution in [0.1, 0.15) is 42.1 Å². The highest BCUT2D eigenvalue weighted by Gasteiger charge is 2.33. The molecular weight excluding hydrogens is 612 g/mol. The first kappa shape index (κ1) is 28.1. The van der Waals surface area contributed by atoms with E-state index in [1.165, 1.54) is 11.3 Å². The summed E-state index contributed by atoms with van der Waals surface area (Å²) in [5.74, 6) is 0.110. The van der Waals surface area contributed by atoms with Crippen molar-refractivity contribution in [2.24, 2.45) is 4.99 Å². The summed E-state index contributed by atoms with van der Waals surface area (Å²) >= 11 is 11.0. The Balaban J connectivity index is 1.61. The molecule has 0 bridgehead atoms. The summed E-state index contributed by atoms with van der Waals surface area (Å²) in [7, 11) is 0. The van der Waals surface area contributed by atoms with Gasteiger partial charge in [-0.2, -0.15) is 0 Å². The highest BCUT2D eigenvalue weighted by molar-refractivity contribution is 9.10. The molecule has 6 nitrogen and oxygen atoms in total. The van der Waals surface area contributed by atoms with Gasteiger partial charge in [-0.25, -0.2) is 9.79 Å². The number of carbonyl (C=O) groups is 1. The van der Waals surface area contributed by atoms with Gasteiger partial charge in [0.05, 0.1) is 28.5 Å². The lowest BCUT2D eigenvalue weighted by Crippen LogP contribution is -2.39. The van der Waals surface area contributed by atoms with Crippen molar-refractivity contribution in [1.82, 2.24) is 4.57 Å². The van der Waals surface area contributed by atoms with Crippen molar-refractivity contribution in [2.75, 3.05) is 6.61 Å². The monoisotopic (exact) mass is 636 g/mol. The van der Waals surface area contributed by atoms with E-state index in [1.54, 1.807) is 42.7 Å². The van der Waals surface area contributed by atoms with E-state index in [1.807, 2.05) is 55.5 Å². The molecule has 0 N–H and O–H groups in total. The molecule has 0 amide bonds. The summed E-state index contributed by atoms with van der Waals surface area (Å²) in [6.45, 7) is 6.09. The summed E-state index contributed by atoms with van der Waals surface area (Å²) in [6, 6.07) is 20.3. The smallest absolute Gasteiger partial charge is 0.338 e. The van der Waals surface area contributed by atoms with Crippen molar-refractivity contribution in [2.45, 2.75) is 33.4 Å². The average Bonchev–Trinajstić information content (AvgIpc) is 3.23. The molecule has 0 radical (unpaired) electrons. The number of carbonyl (C=O) groups excluding carboxylic acids is 1. The molecule has 3 aromatic carbocycles. The van der Waals surface area contributed by atoms with E-state index in [0.29, 0.717) is 43.5 Å². The summed E-state index contributed by atoms with van der Waals surface area (Å²) in [5, 5.41) is 0.521. The SMILES string of the molecule is CCOC(=O)C1=C(C)N=c2s/c(=C\c3cc(Cl)ccc3OCc3ccc(Br)cc3)c(=O)n2[C@@H]1c1ccc(C)cc1. The van der Waals surface area contributed by atoms with Crippen LogP contribution in [-0.2, 0) is 16.1 Å². The van der Waals surface area contributed by atoms with Crippen molar-refractivity contribution in [3.8, 4) is 5.75 Å². The van der Waals surface area contributed by atoms with E-state index < -0.39 is 12.0 Å². The Hall–Kier alpha value is -3.46. The fourth-order valence-corrected chi connectivity index (χ4v) is 5.98. The maximum Gasteiger partial charge on any atom is 0.338 e. The highest BCUT2D eigenvalue weighted by Crippen LogP contribution is 2.31. The molecule has 0 aliphatic carbocycles. The number of aromatic nitrogens is 1. The molecule has 1 atom stereocenters. The van der Waals surface area contributed by atoms with Crippen LogP contribution in [0.5, 0.6) is 5.75 Å². The molecule has 0 fully saturated rings. The Bertz CT molecular complexity index is 1790. The van der Waals surface area contributed by atoms with Gasteiger partial charge in [-0.15, -0.1) is 0 Å². The minimum Gasteiger partial charge on any atom is -0.488 e. The van der Waals surface area contributed by atoms with Crippen LogP contribution in [0, 0.1) is 6.92 Å². The highest BCUT2D eigenvalue weighted by atomic mass is 79.9. The molecule has 1 aromatic heterocycles. The number of rotatable bonds is 7. The van der Waals surface area contributed by atoms with Crippen LogP contribution in [0.2, 0.25) is 5.02 Å². The minimum absolute atomic E-state index is 0.221. The Kier molecular flexibility index (Phi) is 8.40. The predicted octanol–water partition coefficient (Wildman–Crippen LogP) is 6.10. The topological polar surface area (TPSA) is 69.9 Å². The predicted molar refractivity (Wildman–Crippen MR) is 162 cm³/mol. The molecule has 204 valence electrons. The number of esters is 1. The van der Waals surface area contributed by atoms with E-state index in [9.17, 15) is 9.59 Å². The Labute approximate surface area is 249 Å². The summed E-state index contributed by atoms with van der Waals surface area (Å²) in [4.78, 5) is 32.2. The Morgan fingerprint density at radius 1 is 1.10 bits per heavy atom. The van der Waals surface area contributed by atoms with Gasteiger partial charge in [0.25, 0.3) is 5.56 Å². The molecule has 5 rings (SSSR count). The van der Waals surface area contributed by atoms with E-state index in [0.717, 1.165) is 21.2 Å². The zero-order chi connectivity index (χ0) is 28.4. The first-order valence-electron chi connectivity index (χ1n) is 12.7. The van der Waals surface area contributed by atoms with Gasteiger partial charge in [-0.1, -0.05) is 80.8 Å². The number of aryl methyl sites for hydroxylation is 1. The van der Waals surface area contributed by atoms with Crippen LogP contribution in [0.3, 0.4) is 0 Å². The molecule has 0 spiro atoms.